The second-order valence-electron chi connectivity index (χ2n) is 6.56. The van der Waals surface area contributed by atoms with E-state index in [1.54, 1.807) is 7.05 Å². The van der Waals surface area contributed by atoms with Gasteiger partial charge in [0.05, 0.1) is 12.5 Å². The van der Waals surface area contributed by atoms with Crippen LogP contribution in [0.5, 0.6) is 0 Å². The van der Waals surface area contributed by atoms with Crippen LogP contribution in [0.25, 0.3) is 0 Å². The van der Waals surface area contributed by atoms with Gasteiger partial charge < -0.3 is 16.0 Å². The highest BCUT2D eigenvalue weighted by atomic mass is 16.2. The van der Waals surface area contributed by atoms with Gasteiger partial charge in [-0.3, -0.25) is 9.59 Å². The van der Waals surface area contributed by atoms with E-state index < -0.39 is 6.04 Å². The molecule has 0 fully saturated rings. The number of carbonyl (C=O) groups is 2. The van der Waals surface area contributed by atoms with Gasteiger partial charge in [-0.25, -0.2) is 0 Å². The summed E-state index contributed by atoms with van der Waals surface area (Å²) in [5, 5.41) is 8.60. The molecule has 0 aliphatic carbocycles. The molecule has 106 valence electrons. The first-order chi connectivity index (χ1) is 7.94. The molecule has 0 saturated heterocycles. The second-order valence-corrected chi connectivity index (χ2v) is 6.56. The number of amides is 2. The molecule has 0 bridgehead atoms. The third kappa shape index (κ3) is 8.06. The maximum atomic E-state index is 12.1. The first-order valence-electron chi connectivity index (χ1n) is 6.25. The molecule has 5 heteroatoms. The van der Waals surface area contributed by atoms with Gasteiger partial charge in [0.2, 0.25) is 11.8 Å². The predicted octanol–water partition coefficient (Wildman–Crippen LogP) is 0.794. The monoisotopic (exact) mass is 257 g/mol. The highest BCUT2D eigenvalue weighted by Gasteiger charge is 2.28. The topological polar surface area (TPSA) is 70.2 Å². The first-order valence-corrected chi connectivity index (χ1v) is 6.25. The van der Waals surface area contributed by atoms with Gasteiger partial charge in [0.25, 0.3) is 0 Å². The Balaban J connectivity index is 4.75. The molecule has 0 aromatic rings. The van der Waals surface area contributed by atoms with Crippen LogP contribution in [0.4, 0.5) is 0 Å². The molecule has 2 amide bonds. The maximum Gasteiger partial charge on any atom is 0.238 e. The van der Waals surface area contributed by atoms with Crippen molar-refractivity contribution in [3.05, 3.63) is 0 Å². The van der Waals surface area contributed by atoms with Crippen LogP contribution in [0.3, 0.4) is 0 Å². The molecule has 1 unspecified atom stereocenters. The van der Waals surface area contributed by atoms with Crippen molar-refractivity contribution < 1.29 is 9.59 Å². The fourth-order valence-electron chi connectivity index (χ4n) is 1.48. The zero-order valence-electron chi connectivity index (χ0n) is 12.6. The van der Waals surface area contributed by atoms with Crippen LogP contribution in [0, 0.1) is 0 Å². The summed E-state index contributed by atoms with van der Waals surface area (Å²) in [6.45, 7) is 11.6. The van der Waals surface area contributed by atoms with E-state index in [1.807, 2.05) is 41.5 Å². The quantitative estimate of drug-likeness (QED) is 0.697. The third-order valence-corrected chi connectivity index (χ3v) is 2.09. The molecule has 0 saturated carbocycles. The minimum atomic E-state index is -0.524. The van der Waals surface area contributed by atoms with Crippen molar-refractivity contribution in [1.29, 1.82) is 0 Å². The van der Waals surface area contributed by atoms with E-state index >= 15 is 0 Å². The summed E-state index contributed by atoms with van der Waals surface area (Å²) >= 11 is 0. The standard InChI is InChI=1S/C13H27N3O2/c1-12(2,3)15-9(8-10(17)14-7)11(18)16-13(4,5)6/h9,15H,8H2,1-7H3,(H,14,17)(H,16,18). The van der Waals surface area contributed by atoms with Crippen molar-refractivity contribution >= 4 is 11.8 Å². The lowest BCUT2D eigenvalue weighted by Gasteiger charge is -2.30. The fourth-order valence-corrected chi connectivity index (χ4v) is 1.48. The zero-order chi connectivity index (χ0) is 14.6. The minimum absolute atomic E-state index is 0.135. The highest BCUT2D eigenvalue weighted by molar-refractivity contribution is 5.88. The summed E-state index contributed by atoms with van der Waals surface area (Å²) in [5.41, 5.74) is -0.536. The maximum absolute atomic E-state index is 12.1. The van der Waals surface area contributed by atoms with Gasteiger partial charge in [0, 0.05) is 18.1 Å². The molecular weight excluding hydrogens is 230 g/mol. The van der Waals surface area contributed by atoms with E-state index in [1.165, 1.54) is 0 Å². The average Bonchev–Trinajstić information content (AvgIpc) is 2.11. The molecule has 0 radical (unpaired) electrons. The molecule has 0 aliphatic rings. The Bertz CT molecular complexity index is 300. The van der Waals surface area contributed by atoms with E-state index in [0.717, 1.165) is 0 Å². The number of hydrogen-bond acceptors (Lipinski definition) is 3. The largest absolute Gasteiger partial charge is 0.359 e. The Morgan fingerprint density at radius 2 is 1.50 bits per heavy atom. The molecule has 0 aromatic heterocycles. The second kappa shape index (κ2) is 6.18. The molecule has 5 nitrogen and oxygen atoms in total. The van der Waals surface area contributed by atoms with E-state index in [4.69, 9.17) is 0 Å². The average molecular weight is 257 g/mol. The fraction of sp³-hybridized carbons (Fsp3) is 0.846. The summed E-state index contributed by atoms with van der Waals surface area (Å²) in [5.74, 6) is -0.304. The van der Waals surface area contributed by atoms with Gasteiger partial charge in [-0.05, 0) is 41.5 Å². The van der Waals surface area contributed by atoms with Crippen LogP contribution in [-0.4, -0.2) is 36.0 Å². The van der Waals surface area contributed by atoms with Crippen LogP contribution >= 0.6 is 0 Å². The number of carbonyl (C=O) groups excluding carboxylic acids is 2. The van der Waals surface area contributed by atoms with Gasteiger partial charge >= 0.3 is 0 Å². The molecule has 1 atom stereocenters. The Hall–Kier alpha value is -1.10. The molecule has 0 spiro atoms. The van der Waals surface area contributed by atoms with Crippen LogP contribution in [0.2, 0.25) is 0 Å². The molecule has 0 heterocycles. The van der Waals surface area contributed by atoms with Crippen LogP contribution in [-0.2, 0) is 9.59 Å². The smallest absolute Gasteiger partial charge is 0.238 e. The summed E-state index contributed by atoms with van der Waals surface area (Å²) in [4.78, 5) is 23.6. The Kier molecular flexibility index (Phi) is 5.80. The van der Waals surface area contributed by atoms with Gasteiger partial charge in [-0.1, -0.05) is 0 Å². The summed E-state index contributed by atoms with van der Waals surface area (Å²) in [6.07, 6.45) is 0.135. The van der Waals surface area contributed by atoms with Crippen molar-refractivity contribution in [1.82, 2.24) is 16.0 Å². The van der Waals surface area contributed by atoms with Gasteiger partial charge in [0.15, 0.2) is 0 Å². The lowest BCUT2D eigenvalue weighted by atomic mass is 10.0. The summed E-state index contributed by atoms with van der Waals surface area (Å²) in [7, 11) is 1.57. The number of rotatable bonds is 4. The molecular formula is C13H27N3O2. The van der Waals surface area contributed by atoms with Crippen LogP contribution < -0.4 is 16.0 Å². The summed E-state index contributed by atoms with van der Waals surface area (Å²) in [6, 6.07) is -0.524. The van der Waals surface area contributed by atoms with Crippen LogP contribution in [0.1, 0.15) is 48.0 Å². The molecule has 18 heavy (non-hydrogen) atoms. The van der Waals surface area contributed by atoms with Crippen LogP contribution in [0.15, 0.2) is 0 Å². The summed E-state index contributed by atoms with van der Waals surface area (Å²) < 4.78 is 0. The molecule has 0 rings (SSSR count). The van der Waals surface area contributed by atoms with E-state index in [9.17, 15) is 9.59 Å². The minimum Gasteiger partial charge on any atom is -0.359 e. The van der Waals surface area contributed by atoms with E-state index in [0.29, 0.717) is 0 Å². The number of nitrogens with one attached hydrogen (secondary N) is 3. The first kappa shape index (κ1) is 16.9. The lowest BCUT2D eigenvalue weighted by molar-refractivity contribution is -0.129. The SMILES string of the molecule is CNC(=O)CC(NC(C)(C)C)C(=O)NC(C)(C)C. The lowest BCUT2D eigenvalue weighted by Crippen LogP contribution is -2.56. The zero-order valence-corrected chi connectivity index (χ0v) is 12.6. The van der Waals surface area contributed by atoms with Crippen molar-refractivity contribution in [3.8, 4) is 0 Å². The normalized spacial score (nSPS) is 13.9. The van der Waals surface area contributed by atoms with Crippen molar-refractivity contribution in [2.75, 3.05) is 7.05 Å². The van der Waals surface area contributed by atoms with Crippen molar-refractivity contribution in [2.45, 2.75) is 65.1 Å². The Morgan fingerprint density at radius 3 is 1.83 bits per heavy atom. The van der Waals surface area contributed by atoms with Gasteiger partial charge in [-0.15, -0.1) is 0 Å². The van der Waals surface area contributed by atoms with Crippen molar-refractivity contribution in [3.63, 3.8) is 0 Å². The van der Waals surface area contributed by atoms with E-state index in [-0.39, 0.29) is 29.3 Å². The van der Waals surface area contributed by atoms with Gasteiger partial charge in [-0.2, -0.15) is 0 Å². The third-order valence-electron chi connectivity index (χ3n) is 2.09. The van der Waals surface area contributed by atoms with Crippen molar-refractivity contribution in [2.24, 2.45) is 0 Å². The highest BCUT2D eigenvalue weighted by Crippen LogP contribution is 2.07. The number of hydrogen-bond donors (Lipinski definition) is 3. The Morgan fingerprint density at radius 1 is 1.00 bits per heavy atom. The predicted molar refractivity (Wildman–Crippen MR) is 73.3 cm³/mol. The van der Waals surface area contributed by atoms with E-state index in [2.05, 4.69) is 16.0 Å². The molecule has 3 N–H and O–H groups in total. The van der Waals surface area contributed by atoms with Gasteiger partial charge in [0.1, 0.15) is 0 Å². The molecule has 0 aliphatic heterocycles. The molecule has 0 aromatic carbocycles. The Labute approximate surface area is 110 Å².